The highest BCUT2D eigenvalue weighted by Crippen LogP contribution is 2.13. The molecule has 128 valence electrons. The number of thioether (sulfide) groups is 1. The Bertz CT molecular complexity index is 213. The fourth-order valence-electron chi connectivity index (χ4n) is 2.48. The third-order valence-corrected chi connectivity index (χ3v) is 4.56. The van der Waals surface area contributed by atoms with E-state index in [2.05, 4.69) is 6.92 Å². The van der Waals surface area contributed by atoms with Crippen LogP contribution in [0.2, 0.25) is 0 Å². The first-order chi connectivity index (χ1) is 9.77. The Morgan fingerprint density at radius 2 is 1.05 bits per heavy atom. The maximum absolute atomic E-state index is 7.11. The predicted octanol–water partition coefficient (Wildman–Crippen LogP) is 6.67. The smallest absolute Gasteiger partial charge is 0.151 e. The van der Waals surface area contributed by atoms with Gasteiger partial charge in [0.15, 0.2) is 5.17 Å². The molecule has 0 aromatic carbocycles. The summed E-state index contributed by atoms with van der Waals surface area (Å²) in [6.45, 7) is 2.28. The van der Waals surface area contributed by atoms with Crippen molar-refractivity contribution in [1.82, 2.24) is 0 Å². The molecule has 0 aromatic heterocycles. The lowest BCUT2D eigenvalue weighted by molar-refractivity contribution is 0.538. The van der Waals surface area contributed by atoms with E-state index in [9.17, 15) is 0 Å². The summed E-state index contributed by atoms with van der Waals surface area (Å²) in [6, 6.07) is 0. The summed E-state index contributed by atoms with van der Waals surface area (Å²) in [5.41, 5.74) is 5.29. The van der Waals surface area contributed by atoms with Gasteiger partial charge in [-0.25, -0.2) is 0 Å². The minimum Gasteiger partial charge on any atom is -0.379 e. The topological polar surface area (TPSA) is 49.9 Å². The van der Waals surface area contributed by atoms with Crippen molar-refractivity contribution in [2.75, 3.05) is 5.75 Å². The Labute approximate surface area is 147 Å². The molecule has 3 N–H and O–H groups in total. The van der Waals surface area contributed by atoms with E-state index in [1.54, 1.807) is 0 Å². The molecule has 21 heavy (non-hydrogen) atoms. The SMILES string of the molecule is Br.CCCCCCCCCCCCCCCCSC(=N)N. The molecule has 0 radical (unpaired) electrons. The first-order valence-corrected chi connectivity index (χ1v) is 9.72. The molecule has 0 fully saturated rings. The van der Waals surface area contributed by atoms with Crippen molar-refractivity contribution in [3.63, 3.8) is 0 Å². The van der Waals surface area contributed by atoms with Gasteiger partial charge in [0.1, 0.15) is 0 Å². The molecule has 0 aromatic rings. The number of nitrogens with two attached hydrogens (primary N) is 1. The second-order valence-corrected chi connectivity index (χ2v) is 6.95. The minimum absolute atomic E-state index is 0. The fourth-order valence-corrected chi connectivity index (χ4v) is 3.05. The molecule has 0 unspecified atom stereocenters. The second-order valence-electron chi connectivity index (χ2n) is 5.81. The lowest BCUT2D eigenvalue weighted by atomic mass is 10.0. The average molecular weight is 381 g/mol. The van der Waals surface area contributed by atoms with E-state index >= 15 is 0 Å². The molecular weight excluding hydrogens is 344 g/mol. The van der Waals surface area contributed by atoms with Crippen molar-refractivity contribution in [1.29, 1.82) is 5.41 Å². The molecule has 0 aliphatic rings. The van der Waals surface area contributed by atoms with Gasteiger partial charge in [-0.3, -0.25) is 5.41 Å². The van der Waals surface area contributed by atoms with Crippen LogP contribution in [0.4, 0.5) is 0 Å². The first kappa shape index (κ1) is 23.6. The summed E-state index contributed by atoms with van der Waals surface area (Å²) in [5.74, 6) is 1.02. The summed E-state index contributed by atoms with van der Waals surface area (Å²) >= 11 is 1.48. The van der Waals surface area contributed by atoms with Crippen molar-refractivity contribution >= 4 is 33.9 Å². The standard InChI is InChI=1S/C17H36N2S.BrH/c1-2-3-4-5-6-7-8-9-10-11-12-13-14-15-16-20-17(18)19;/h2-16H2,1H3,(H3,18,19);1H. The zero-order valence-electron chi connectivity index (χ0n) is 14.0. The van der Waals surface area contributed by atoms with Gasteiger partial charge in [0, 0.05) is 5.75 Å². The van der Waals surface area contributed by atoms with Crippen molar-refractivity contribution in [2.45, 2.75) is 96.8 Å². The van der Waals surface area contributed by atoms with Gasteiger partial charge >= 0.3 is 0 Å². The molecule has 0 saturated carbocycles. The van der Waals surface area contributed by atoms with Crippen molar-refractivity contribution in [3.8, 4) is 0 Å². The summed E-state index contributed by atoms with van der Waals surface area (Å²) in [6.07, 6.45) is 19.6. The molecule has 0 amide bonds. The van der Waals surface area contributed by atoms with Gasteiger partial charge in [-0.15, -0.1) is 17.0 Å². The third kappa shape index (κ3) is 22.7. The van der Waals surface area contributed by atoms with Gasteiger partial charge in [0.05, 0.1) is 0 Å². The Kier molecular flexibility index (Phi) is 22.8. The zero-order chi connectivity index (χ0) is 14.9. The minimum atomic E-state index is 0. The number of hydrogen-bond acceptors (Lipinski definition) is 2. The molecular formula is C17H37BrN2S. The Morgan fingerprint density at radius 1 is 0.714 bits per heavy atom. The molecule has 0 bridgehead atoms. The highest BCUT2D eigenvalue weighted by Gasteiger charge is 1.95. The molecule has 0 aliphatic heterocycles. The largest absolute Gasteiger partial charge is 0.379 e. The normalized spacial score (nSPS) is 10.3. The van der Waals surface area contributed by atoms with E-state index in [1.807, 2.05) is 0 Å². The number of hydrogen-bond donors (Lipinski definition) is 2. The van der Waals surface area contributed by atoms with E-state index in [0.29, 0.717) is 0 Å². The van der Waals surface area contributed by atoms with Crippen LogP contribution in [0.3, 0.4) is 0 Å². The van der Waals surface area contributed by atoms with E-state index in [-0.39, 0.29) is 22.1 Å². The number of amidine groups is 1. The second kappa shape index (κ2) is 20.3. The van der Waals surface area contributed by atoms with E-state index in [1.165, 1.54) is 102 Å². The zero-order valence-corrected chi connectivity index (χ0v) is 16.5. The van der Waals surface area contributed by atoms with E-state index < -0.39 is 0 Å². The van der Waals surface area contributed by atoms with Crippen LogP contribution in [0.1, 0.15) is 96.8 Å². The predicted molar refractivity (Wildman–Crippen MR) is 105 cm³/mol. The lowest BCUT2D eigenvalue weighted by Crippen LogP contribution is -2.04. The van der Waals surface area contributed by atoms with Crippen molar-refractivity contribution < 1.29 is 0 Å². The van der Waals surface area contributed by atoms with Crippen molar-refractivity contribution in [2.24, 2.45) is 5.73 Å². The monoisotopic (exact) mass is 380 g/mol. The molecule has 0 spiro atoms. The third-order valence-electron chi connectivity index (χ3n) is 3.76. The van der Waals surface area contributed by atoms with Crippen molar-refractivity contribution in [3.05, 3.63) is 0 Å². The summed E-state index contributed by atoms with van der Waals surface area (Å²) in [7, 11) is 0. The Balaban J connectivity index is 0. The van der Waals surface area contributed by atoms with Gasteiger partial charge in [-0.05, 0) is 6.42 Å². The summed E-state index contributed by atoms with van der Waals surface area (Å²) in [4.78, 5) is 0. The van der Waals surface area contributed by atoms with Crippen LogP contribution in [0.15, 0.2) is 0 Å². The molecule has 0 saturated heterocycles. The first-order valence-electron chi connectivity index (χ1n) is 8.74. The summed E-state index contributed by atoms with van der Waals surface area (Å²) in [5, 5.41) is 7.37. The number of unbranched alkanes of at least 4 members (excludes halogenated alkanes) is 13. The highest BCUT2D eigenvalue weighted by atomic mass is 79.9. The lowest BCUT2D eigenvalue weighted by Gasteiger charge is -2.03. The maximum atomic E-state index is 7.11. The van der Waals surface area contributed by atoms with Gasteiger partial charge in [0.2, 0.25) is 0 Å². The van der Waals surface area contributed by atoms with Crippen LogP contribution in [-0.2, 0) is 0 Å². The van der Waals surface area contributed by atoms with Gasteiger partial charge in [-0.1, -0.05) is 102 Å². The molecule has 0 aliphatic carbocycles. The fraction of sp³-hybridized carbons (Fsp3) is 0.941. The Morgan fingerprint density at radius 3 is 1.38 bits per heavy atom. The maximum Gasteiger partial charge on any atom is 0.151 e. The van der Waals surface area contributed by atoms with Gasteiger partial charge in [0.25, 0.3) is 0 Å². The Hall–Kier alpha value is 0.300. The number of rotatable bonds is 15. The van der Waals surface area contributed by atoms with Crippen LogP contribution < -0.4 is 5.73 Å². The molecule has 4 heteroatoms. The molecule has 0 rings (SSSR count). The quantitative estimate of drug-likeness (QED) is 0.189. The number of nitrogens with one attached hydrogen (secondary N) is 1. The van der Waals surface area contributed by atoms with Crippen LogP contribution in [0.25, 0.3) is 0 Å². The average Bonchev–Trinajstić information content (AvgIpc) is 2.43. The van der Waals surface area contributed by atoms with Gasteiger partial charge < -0.3 is 5.73 Å². The highest BCUT2D eigenvalue weighted by molar-refractivity contribution is 8.93. The van der Waals surface area contributed by atoms with Crippen LogP contribution >= 0.6 is 28.7 Å². The van der Waals surface area contributed by atoms with Gasteiger partial charge in [-0.2, -0.15) is 0 Å². The number of halogens is 1. The summed E-state index contributed by atoms with van der Waals surface area (Å²) < 4.78 is 0. The van der Waals surface area contributed by atoms with Crippen LogP contribution in [0.5, 0.6) is 0 Å². The molecule has 2 nitrogen and oxygen atoms in total. The van der Waals surface area contributed by atoms with E-state index in [0.717, 1.165) is 5.75 Å². The molecule has 0 atom stereocenters. The van der Waals surface area contributed by atoms with Crippen LogP contribution in [0, 0.1) is 5.41 Å². The molecule has 0 heterocycles. The van der Waals surface area contributed by atoms with Crippen LogP contribution in [-0.4, -0.2) is 10.9 Å². The van der Waals surface area contributed by atoms with E-state index in [4.69, 9.17) is 11.1 Å².